The monoisotopic (exact) mass is 498 g/mol. The van der Waals surface area contributed by atoms with Gasteiger partial charge in [-0.25, -0.2) is 9.78 Å². The lowest BCUT2D eigenvalue weighted by Crippen LogP contribution is -2.50. The number of ether oxygens (including phenoxy) is 1. The highest BCUT2D eigenvalue weighted by Gasteiger charge is 2.28. The standard InChI is InChI=1S/C24H27ClN6O4/c1-24(2,3)35-23(33)31-12-10-30(11-13-31)22-27-15-20(34-22)21(32)29-18-8-9-26-14-19(18)28-17-6-4-16(25)5-7-17/h4-9,14-15,28H,10-13H2,1-3H3,(H,26,29,32). The van der Waals surface area contributed by atoms with Gasteiger partial charge in [0.15, 0.2) is 0 Å². The predicted octanol–water partition coefficient (Wildman–Crippen LogP) is 4.78. The van der Waals surface area contributed by atoms with Crippen LogP contribution >= 0.6 is 11.6 Å². The van der Waals surface area contributed by atoms with Crippen LogP contribution in [0.15, 0.2) is 53.3 Å². The number of carbonyl (C=O) groups excluding carboxylic acids is 2. The van der Waals surface area contributed by atoms with Gasteiger partial charge in [-0.15, -0.1) is 0 Å². The van der Waals surface area contributed by atoms with Crippen LogP contribution < -0.4 is 15.5 Å². The average molecular weight is 499 g/mol. The fourth-order valence-electron chi connectivity index (χ4n) is 3.40. The lowest BCUT2D eigenvalue weighted by Gasteiger charge is -2.34. The fraction of sp³-hybridized carbons (Fsp3) is 0.333. The molecular formula is C24H27ClN6O4. The minimum Gasteiger partial charge on any atom is -0.444 e. The molecule has 3 aromatic rings. The van der Waals surface area contributed by atoms with E-state index in [2.05, 4.69) is 20.6 Å². The van der Waals surface area contributed by atoms with Gasteiger partial charge in [-0.05, 0) is 51.1 Å². The Bertz CT molecular complexity index is 1180. The molecule has 10 nitrogen and oxygen atoms in total. The van der Waals surface area contributed by atoms with E-state index in [4.69, 9.17) is 20.8 Å². The van der Waals surface area contributed by atoms with Gasteiger partial charge in [0.05, 0.1) is 23.8 Å². The van der Waals surface area contributed by atoms with Crippen molar-refractivity contribution in [2.45, 2.75) is 26.4 Å². The Morgan fingerprint density at radius 1 is 1.03 bits per heavy atom. The summed E-state index contributed by atoms with van der Waals surface area (Å²) < 4.78 is 11.1. The Labute approximate surface area is 208 Å². The van der Waals surface area contributed by atoms with Crippen molar-refractivity contribution < 1.29 is 18.7 Å². The predicted molar refractivity (Wildman–Crippen MR) is 133 cm³/mol. The number of rotatable bonds is 5. The normalized spacial score (nSPS) is 13.9. The number of halogens is 1. The first-order chi connectivity index (χ1) is 16.7. The van der Waals surface area contributed by atoms with Crippen LogP contribution in [0.3, 0.4) is 0 Å². The van der Waals surface area contributed by atoms with E-state index in [0.717, 1.165) is 5.69 Å². The summed E-state index contributed by atoms with van der Waals surface area (Å²) in [5.41, 5.74) is 1.40. The molecular weight excluding hydrogens is 472 g/mol. The quantitative estimate of drug-likeness (QED) is 0.517. The van der Waals surface area contributed by atoms with Gasteiger partial charge in [0.1, 0.15) is 5.60 Å². The van der Waals surface area contributed by atoms with Crippen molar-refractivity contribution in [3.05, 3.63) is 59.7 Å². The van der Waals surface area contributed by atoms with Gasteiger partial charge in [0.2, 0.25) is 5.76 Å². The van der Waals surface area contributed by atoms with E-state index in [1.54, 1.807) is 35.5 Å². The van der Waals surface area contributed by atoms with Crippen molar-refractivity contribution in [3.8, 4) is 0 Å². The highest BCUT2D eigenvalue weighted by atomic mass is 35.5. The molecule has 1 saturated heterocycles. The minimum atomic E-state index is -0.544. The number of oxazole rings is 1. The first-order valence-corrected chi connectivity index (χ1v) is 11.5. The zero-order valence-electron chi connectivity index (χ0n) is 19.7. The summed E-state index contributed by atoms with van der Waals surface area (Å²) in [6.45, 7) is 7.47. The van der Waals surface area contributed by atoms with Crippen LogP contribution in [-0.2, 0) is 4.74 Å². The molecule has 35 heavy (non-hydrogen) atoms. The van der Waals surface area contributed by atoms with Crippen LogP contribution in [0.2, 0.25) is 5.02 Å². The van der Waals surface area contributed by atoms with Gasteiger partial charge in [-0.2, -0.15) is 0 Å². The maximum Gasteiger partial charge on any atom is 0.410 e. The second-order valence-corrected chi connectivity index (χ2v) is 9.41. The Kier molecular flexibility index (Phi) is 7.11. The Hall–Kier alpha value is -3.79. The average Bonchev–Trinajstić information content (AvgIpc) is 3.31. The molecule has 3 heterocycles. The zero-order valence-corrected chi connectivity index (χ0v) is 20.5. The fourth-order valence-corrected chi connectivity index (χ4v) is 3.52. The number of amides is 2. The Morgan fingerprint density at radius 3 is 2.43 bits per heavy atom. The lowest BCUT2D eigenvalue weighted by atomic mass is 10.2. The van der Waals surface area contributed by atoms with E-state index in [1.165, 1.54) is 6.20 Å². The van der Waals surface area contributed by atoms with Crippen LogP contribution in [0.4, 0.5) is 27.9 Å². The third-order valence-corrected chi connectivity index (χ3v) is 5.36. The number of piperazine rings is 1. The molecule has 1 aromatic carbocycles. The zero-order chi connectivity index (χ0) is 25.0. The van der Waals surface area contributed by atoms with E-state index in [9.17, 15) is 9.59 Å². The number of hydrogen-bond donors (Lipinski definition) is 2. The summed E-state index contributed by atoms with van der Waals surface area (Å²) >= 11 is 5.94. The van der Waals surface area contributed by atoms with E-state index in [-0.39, 0.29) is 11.9 Å². The van der Waals surface area contributed by atoms with Crippen LogP contribution in [0.25, 0.3) is 0 Å². The molecule has 1 fully saturated rings. The summed E-state index contributed by atoms with van der Waals surface area (Å²) in [5, 5.41) is 6.66. The van der Waals surface area contributed by atoms with Crippen LogP contribution in [0, 0.1) is 0 Å². The van der Waals surface area contributed by atoms with Crippen molar-refractivity contribution in [2.24, 2.45) is 0 Å². The molecule has 1 aliphatic rings. The molecule has 4 rings (SSSR count). The van der Waals surface area contributed by atoms with Gasteiger partial charge < -0.3 is 29.6 Å². The first-order valence-electron chi connectivity index (χ1n) is 11.1. The second kappa shape index (κ2) is 10.2. The number of anilines is 4. The third kappa shape index (κ3) is 6.42. The van der Waals surface area contributed by atoms with Gasteiger partial charge in [-0.3, -0.25) is 9.78 Å². The Balaban J connectivity index is 1.36. The molecule has 184 valence electrons. The molecule has 0 saturated carbocycles. The lowest BCUT2D eigenvalue weighted by molar-refractivity contribution is 0.0239. The number of hydrogen-bond acceptors (Lipinski definition) is 8. The molecule has 0 radical (unpaired) electrons. The molecule has 1 aliphatic heterocycles. The minimum absolute atomic E-state index is 0.0730. The molecule has 2 amide bonds. The number of benzene rings is 1. The van der Waals surface area contributed by atoms with E-state index < -0.39 is 11.5 Å². The molecule has 2 N–H and O–H groups in total. The summed E-state index contributed by atoms with van der Waals surface area (Å²) in [4.78, 5) is 37.0. The SMILES string of the molecule is CC(C)(C)OC(=O)N1CCN(c2ncc(C(=O)Nc3ccncc3Nc3ccc(Cl)cc3)o2)CC1. The number of nitrogens with one attached hydrogen (secondary N) is 2. The molecule has 0 atom stereocenters. The maximum absolute atomic E-state index is 12.8. The third-order valence-electron chi connectivity index (χ3n) is 5.11. The van der Waals surface area contributed by atoms with E-state index in [1.807, 2.05) is 37.8 Å². The summed E-state index contributed by atoms with van der Waals surface area (Å²) in [6, 6.07) is 9.19. The number of pyridine rings is 1. The molecule has 0 aliphatic carbocycles. The highest BCUT2D eigenvalue weighted by molar-refractivity contribution is 6.30. The second-order valence-electron chi connectivity index (χ2n) is 8.97. The Morgan fingerprint density at radius 2 is 1.74 bits per heavy atom. The first kappa shape index (κ1) is 24.3. The maximum atomic E-state index is 12.8. The topological polar surface area (TPSA) is 113 Å². The number of carbonyl (C=O) groups is 2. The van der Waals surface area contributed by atoms with E-state index in [0.29, 0.717) is 48.6 Å². The van der Waals surface area contributed by atoms with Crippen molar-refractivity contribution in [1.82, 2.24) is 14.9 Å². The molecule has 0 unspecified atom stereocenters. The molecule has 11 heteroatoms. The number of aromatic nitrogens is 2. The summed E-state index contributed by atoms with van der Waals surface area (Å²) in [6.07, 6.45) is 4.24. The smallest absolute Gasteiger partial charge is 0.410 e. The van der Waals surface area contributed by atoms with Gasteiger partial charge in [0, 0.05) is 43.1 Å². The highest BCUT2D eigenvalue weighted by Crippen LogP contribution is 2.26. The molecule has 0 bridgehead atoms. The largest absolute Gasteiger partial charge is 0.444 e. The van der Waals surface area contributed by atoms with E-state index >= 15 is 0 Å². The van der Waals surface area contributed by atoms with Crippen molar-refractivity contribution >= 4 is 46.7 Å². The van der Waals surface area contributed by atoms with Crippen LogP contribution in [0.1, 0.15) is 31.3 Å². The van der Waals surface area contributed by atoms with Gasteiger partial charge in [0.25, 0.3) is 11.9 Å². The summed E-state index contributed by atoms with van der Waals surface area (Å²) in [5.74, 6) is -0.370. The number of nitrogens with zero attached hydrogens (tertiary/aromatic N) is 4. The van der Waals surface area contributed by atoms with Crippen molar-refractivity contribution in [1.29, 1.82) is 0 Å². The van der Waals surface area contributed by atoms with Crippen LogP contribution in [-0.4, -0.2) is 58.6 Å². The molecule has 2 aromatic heterocycles. The van der Waals surface area contributed by atoms with Gasteiger partial charge in [-0.1, -0.05) is 11.6 Å². The van der Waals surface area contributed by atoms with Gasteiger partial charge >= 0.3 is 6.09 Å². The molecule has 0 spiro atoms. The summed E-state index contributed by atoms with van der Waals surface area (Å²) in [7, 11) is 0. The van der Waals surface area contributed by atoms with Crippen molar-refractivity contribution in [3.63, 3.8) is 0 Å². The van der Waals surface area contributed by atoms with Crippen molar-refractivity contribution in [2.75, 3.05) is 41.7 Å². The van der Waals surface area contributed by atoms with Crippen LogP contribution in [0.5, 0.6) is 0 Å².